The van der Waals surface area contributed by atoms with Gasteiger partial charge in [0.25, 0.3) is 0 Å². The molecule has 0 saturated carbocycles. The fourth-order valence-electron chi connectivity index (χ4n) is 0.855. The molecule has 4 heteroatoms. The van der Waals surface area contributed by atoms with Crippen molar-refractivity contribution in [3.8, 4) is 0 Å². The Morgan fingerprint density at radius 3 is 2.67 bits per heavy atom. The second-order valence-corrected chi connectivity index (χ2v) is 3.48. The third-order valence-electron chi connectivity index (χ3n) is 1.34. The molecular weight excluding hydrogens is 138 g/mol. The van der Waals surface area contributed by atoms with Gasteiger partial charge in [-0.3, -0.25) is 0 Å². The lowest BCUT2D eigenvalue weighted by molar-refractivity contribution is -0.412. The van der Waals surface area contributed by atoms with E-state index in [9.17, 15) is 9.90 Å². The Morgan fingerprint density at radius 2 is 2.44 bits per heavy atom. The number of thioether (sulfide) groups is 1. The van der Waals surface area contributed by atoms with Crippen molar-refractivity contribution < 1.29 is 15.6 Å². The lowest BCUT2D eigenvalue weighted by Crippen LogP contribution is -2.61. The first-order chi connectivity index (χ1) is 4.20. The van der Waals surface area contributed by atoms with E-state index in [1.807, 2.05) is 0 Å². The number of aliphatic carboxylic acids is 1. The van der Waals surface area contributed by atoms with E-state index in [1.165, 1.54) is 11.8 Å². The van der Waals surface area contributed by atoms with Crippen LogP contribution in [-0.2, 0) is 4.79 Å². The topological polar surface area (TPSA) is 67.8 Å². The Balaban J connectivity index is 2.39. The van der Waals surface area contributed by atoms with Crippen molar-refractivity contribution in [3.05, 3.63) is 0 Å². The molecule has 0 aromatic carbocycles. The third kappa shape index (κ3) is 1.59. The van der Waals surface area contributed by atoms with Crippen LogP contribution in [0, 0.1) is 0 Å². The van der Waals surface area contributed by atoms with Crippen LogP contribution in [0.5, 0.6) is 0 Å². The van der Waals surface area contributed by atoms with Gasteiger partial charge in [0, 0.05) is 12.2 Å². The summed E-state index contributed by atoms with van der Waals surface area (Å²) in [5.41, 5.74) is 3.76. The van der Waals surface area contributed by atoms with Gasteiger partial charge in [-0.15, -0.1) is 11.8 Å². The summed E-state index contributed by atoms with van der Waals surface area (Å²) < 4.78 is 0. The Morgan fingerprint density at radius 1 is 1.78 bits per heavy atom. The maximum absolute atomic E-state index is 10.2. The molecule has 0 bridgehead atoms. The molecule has 0 aromatic rings. The van der Waals surface area contributed by atoms with Gasteiger partial charge in [0.2, 0.25) is 0 Å². The average Bonchev–Trinajstić information content (AvgIpc) is 2.14. The van der Waals surface area contributed by atoms with Crippen molar-refractivity contribution in [1.29, 1.82) is 0 Å². The quantitative estimate of drug-likeness (QED) is 0.460. The number of hydrogen-bond donors (Lipinski definition) is 1. The lowest BCUT2D eigenvalue weighted by Gasteiger charge is -2.06. The number of carboxylic acids is 1. The second-order valence-electron chi connectivity index (χ2n) is 2.24. The van der Waals surface area contributed by atoms with Crippen LogP contribution in [0.15, 0.2) is 0 Å². The predicted molar refractivity (Wildman–Crippen MR) is 32.5 cm³/mol. The van der Waals surface area contributed by atoms with Crippen molar-refractivity contribution >= 4 is 17.7 Å². The van der Waals surface area contributed by atoms with Crippen molar-refractivity contribution in [2.75, 3.05) is 5.75 Å². The Bertz CT molecular complexity index is 128. The van der Waals surface area contributed by atoms with Gasteiger partial charge in [0.05, 0.1) is 17.3 Å². The SMILES string of the molecule is [NH3+][C@H]1CS[C@@H](C(=O)[O-])C1. The highest BCUT2D eigenvalue weighted by molar-refractivity contribution is 8.00. The number of carbonyl (C=O) groups is 1. The van der Waals surface area contributed by atoms with Gasteiger partial charge in [-0.25, -0.2) is 0 Å². The molecule has 0 aromatic heterocycles. The summed E-state index contributed by atoms with van der Waals surface area (Å²) in [5.74, 6) is -0.0790. The molecule has 0 spiro atoms. The molecule has 0 radical (unpaired) electrons. The van der Waals surface area contributed by atoms with Crippen LogP contribution in [0.25, 0.3) is 0 Å². The molecule has 1 fully saturated rings. The fraction of sp³-hybridized carbons (Fsp3) is 0.800. The van der Waals surface area contributed by atoms with Gasteiger partial charge in [0.15, 0.2) is 0 Å². The van der Waals surface area contributed by atoms with Gasteiger partial charge in [-0.1, -0.05) is 0 Å². The summed E-state index contributed by atoms with van der Waals surface area (Å²) in [7, 11) is 0. The summed E-state index contributed by atoms with van der Waals surface area (Å²) in [5, 5.41) is 9.89. The molecule has 1 aliphatic heterocycles. The smallest absolute Gasteiger partial charge is 0.0949 e. The van der Waals surface area contributed by atoms with Crippen LogP contribution in [0.3, 0.4) is 0 Å². The highest BCUT2D eigenvalue weighted by Gasteiger charge is 2.25. The van der Waals surface area contributed by atoms with E-state index in [0.717, 1.165) is 5.75 Å². The Hall–Kier alpha value is -0.220. The van der Waals surface area contributed by atoms with Gasteiger partial charge >= 0.3 is 0 Å². The van der Waals surface area contributed by atoms with E-state index in [0.29, 0.717) is 12.5 Å². The minimum Gasteiger partial charge on any atom is -0.549 e. The van der Waals surface area contributed by atoms with Crippen LogP contribution in [0.1, 0.15) is 6.42 Å². The number of hydrogen-bond acceptors (Lipinski definition) is 3. The zero-order valence-electron chi connectivity index (χ0n) is 5.00. The van der Waals surface area contributed by atoms with E-state index in [4.69, 9.17) is 0 Å². The Kier molecular flexibility index (Phi) is 1.97. The highest BCUT2D eigenvalue weighted by Crippen LogP contribution is 2.23. The van der Waals surface area contributed by atoms with E-state index in [-0.39, 0.29) is 5.25 Å². The predicted octanol–water partition coefficient (Wildman–Crippen LogP) is -2.15. The summed E-state index contributed by atoms with van der Waals surface area (Å²) in [4.78, 5) is 10.2. The average molecular weight is 147 g/mol. The second kappa shape index (κ2) is 2.58. The first-order valence-corrected chi connectivity index (χ1v) is 3.90. The molecule has 3 nitrogen and oxygen atoms in total. The Labute approximate surface area is 57.6 Å². The third-order valence-corrected chi connectivity index (χ3v) is 2.79. The monoisotopic (exact) mass is 147 g/mol. The highest BCUT2D eigenvalue weighted by atomic mass is 32.2. The number of carbonyl (C=O) groups excluding carboxylic acids is 1. The van der Waals surface area contributed by atoms with Gasteiger partial charge < -0.3 is 15.6 Å². The maximum Gasteiger partial charge on any atom is 0.0949 e. The van der Waals surface area contributed by atoms with Gasteiger partial charge in [-0.05, 0) is 0 Å². The lowest BCUT2D eigenvalue weighted by atomic mass is 10.2. The normalized spacial score (nSPS) is 34.8. The molecule has 1 heterocycles. The molecule has 9 heavy (non-hydrogen) atoms. The maximum atomic E-state index is 10.2. The van der Waals surface area contributed by atoms with E-state index in [1.54, 1.807) is 0 Å². The summed E-state index contributed by atoms with van der Waals surface area (Å²) in [6.07, 6.45) is 0.674. The van der Waals surface area contributed by atoms with Crippen LogP contribution >= 0.6 is 11.8 Å². The molecule has 3 N–H and O–H groups in total. The molecule has 2 atom stereocenters. The molecule has 0 unspecified atom stereocenters. The standard InChI is InChI=1S/C5H9NO2S/c6-3-1-4(5(7)8)9-2-3/h3-4H,1-2,6H2,(H,7,8)/t3-,4-/m1/s1. The van der Waals surface area contributed by atoms with Crippen molar-refractivity contribution in [2.24, 2.45) is 0 Å². The number of quaternary nitrogens is 1. The van der Waals surface area contributed by atoms with Gasteiger partial charge in [0.1, 0.15) is 0 Å². The summed E-state index contributed by atoms with van der Waals surface area (Å²) in [6, 6.07) is 0.304. The largest absolute Gasteiger partial charge is 0.549 e. The van der Waals surface area contributed by atoms with Crippen LogP contribution in [0.2, 0.25) is 0 Å². The molecule has 1 rings (SSSR count). The van der Waals surface area contributed by atoms with E-state index in [2.05, 4.69) is 5.73 Å². The molecule has 52 valence electrons. The van der Waals surface area contributed by atoms with E-state index < -0.39 is 5.97 Å². The molecule has 1 aliphatic rings. The number of rotatable bonds is 1. The van der Waals surface area contributed by atoms with Crippen molar-refractivity contribution in [3.63, 3.8) is 0 Å². The first-order valence-electron chi connectivity index (χ1n) is 2.85. The molecular formula is C5H9NO2S. The van der Waals surface area contributed by atoms with Crippen molar-refractivity contribution in [2.45, 2.75) is 17.7 Å². The molecule has 1 saturated heterocycles. The molecule has 0 aliphatic carbocycles. The fourth-order valence-corrected chi connectivity index (χ4v) is 2.04. The minimum atomic E-state index is -0.939. The van der Waals surface area contributed by atoms with E-state index >= 15 is 0 Å². The summed E-state index contributed by atoms with van der Waals surface area (Å²) in [6.45, 7) is 0. The van der Waals surface area contributed by atoms with Gasteiger partial charge in [-0.2, -0.15) is 0 Å². The summed E-state index contributed by atoms with van der Waals surface area (Å²) >= 11 is 1.43. The zero-order chi connectivity index (χ0) is 6.85. The van der Waals surface area contributed by atoms with Crippen LogP contribution in [-0.4, -0.2) is 23.0 Å². The van der Waals surface area contributed by atoms with Crippen LogP contribution in [0.4, 0.5) is 0 Å². The molecule has 0 amide bonds. The number of carboxylic acid groups (broad SMARTS) is 1. The first kappa shape index (κ1) is 6.89. The van der Waals surface area contributed by atoms with Crippen LogP contribution < -0.4 is 10.8 Å². The zero-order valence-corrected chi connectivity index (χ0v) is 5.82. The van der Waals surface area contributed by atoms with Crippen molar-refractivity contribution in [1.82, 2.24) is 0 Å². The minimum absolute atomic E-state index is 0.299.